The molecule has 1 aromatic rings. The van der Waals surface area contributed by atoms with Gasteiger partial charge in [-0.25, -0.2) is 8.42 Å². The van der Waals surface area contributed by atoms with Gasteiger partial charge in [0.25, 0.3) is 0 Å². The first kappa shape index (κ1) is 15.0. The van der Waals surface area contributed by atoms with Gasteiger partial charge in [0.05, 0.1) is 16.5 Å². The minimum atomic E-state index is -4.66. The molecule has 1 aliphatic carbocycles. The number of benzene rings is 1. The average molecular weight is 308 g/mol. The van der Waals surface area contributed by atoms with E-state index < -0.39 is 32.7 Å². The van der Waals surface area contributed by atoms with Crippen molar-refractivity contribution < 1.29 is 21.6 Å². The molecule has 0 heterocycles. The second-order valence-corrected chi connectivity index (χ2v) is 6.82. The number of nitrogen functional groups attached to an aromatic ring is 1. The van der Waals surface area contributed by atoms with Gasteiger partial charge in [-0.1, -0.05) is 12.8 Å². The molecule has 0 atom stereocenters. The first-order valence-electron chi connectivity index (χ1n) is 6.18. The second kappa shape index (κ2) is 5.16. The third-order valence-corrected chi connectivity index (χ3v) is 5.20. The van der Waals surface area contributed by atoms with Crippen molar-refractivity contribution in [3.63, 3.8) is 0 Å². The molecule has 0 spiro atoms. The van der Waals surface area contributed by atoms with E-state index in [1.807, 2.05) is 0 Å². The zero-order valence-corrected chi connectivity index (χ0v) is 11.4. The van der Waals surface area contributed by atoms with Crippen molar-refractivity contribution in [2.45, 2.75) is 37.1 Å². The SMILES string of the molecule is Nc1ccc(NS(=O)(=O)C2CCCC2)c(C(F)(F)F)c1. The van der Waals surface area contributed by atoms with Crippen LogP contribution in [0.4, 0.5) is 24.5 Å². The fourth-order valence-electron chi connectivity index (χ4n) is 2.32. The summed E-state index contributed by atoms with van der Waals surface area (Å²) >= 11 is 0. The molecule has 0 saturated heterocycles. The van der Waals surface area contributed by atoms with E-state index in [9.17, 15) is 21.6 Å². The molecule has 0 unspecified atom stereocenters. The number of nitrogens with two attached hydrogens (primary N) is 1. The summed E-state index contributed by atoms with van der Waals surface area (Å²) in [7, 11) is -3.80. The molecule has 0 aliphatic heterocycles. The van der Waals surface area contributed by atoms with Crippen LogP contribution in [0.3, 0.4) is 0 Å². The van der Waals surface area contributed by atoms with Crippen molar-refractivity contribution in [2.24, 2.45) is 0 Å². The maximum absolute atomic E-state index is 12.9. The molecule has 1 aliphatic rings. The first-order chi connectivity index (χ1) is 9.20. The number of anilines is 2. The predicted octanol–water partition coefficient (Wildman–Crippen LogP) is 2.97. The molecule has 0 radical (unpaired) electrons. The molecule has 20 heavy (non-hydrogen) atoms. The molecule has 112 valence electrons. The summed E-state index contributed by atoms with van der Waals surface area (Å²) in [5, 5.41) is -0.624. The standard InChI is InChI=1S/C12H15F3N2O2S/c13-12(14,15)10-7-8(16)5-6-11(10)17-20(18,19)9-3-1-2-4-9/h5-7,9,17H,1-4,16H2. The van der Waals surface area contributed by atoms with Gasteiger partial charge in [0.1, 0.15) is 0 Å². The highest BCUT2D eigenvalue weighted by Crippen LogP contribution is 2.37. The molecule has 0 bridgehead atoms. The summed E-state index contributed by atoms with van der Waals surface area (Å²) in [5.41, 5.74) is 3.72. The number of nitrogens with one attached hydrogen (secondary N) is 1. The van der Waals surface area contributed by atoms with E-state index in [1.165, 1.54) is 6.07 Å². The summed E-state index contributed by atoms with van der Waals surface area (Å²) in [5.74, 6) is 0. The van der Waals surface area contributed by atoms with Crippen LogP contribution in [0.15, 0.2) is 18.2 Å². The topological polar surface area (TPSA) is 72.2 Å². The Bertz CT molecular complexity index is 593. The summed E-state index contributed by atoms with van der Waals surface area (Å²) in [4.78, 5) is 0. The Morgan fingerprint density at radius 2 is 1.80 bits per heavy atom. The van der Waals surface area contributed by atoms with Crippen LogP contribution in [0.25, 0.3) is 0 Å². The third-order valence-electron chi connectivity index (χ3n) is 3.34. The van der Waals surface area contributed by atoms with Gasteiger partial charge in [0.15, 0.2) is 0 Å². The van der Waals surface area contributed by atoms with Crippen LogP contribution in [-0.4, -0.2) is 13.7 Å². The minimum absolute atomic E-state index is 0.0684. The van der Waals surface area contributed by atoms with Crippen molar-refractivity contribution in [2.75, 3.05) is 10.5 Å². The summed E-state index contributed by atoms with van der Waals surface area (Å²) < 4.78 is 64.8. The van der Waals surface area contributed by atoms with E-state index in [0.717, 1.165) is 25.0 Å². The van der Waals surface area contributed by atoms with E-state index in [0.29, 0.717) is 12.8 Å². The predicted molar refractivity (Wildman–Crippen MR) is 70.7 cm³/mol. The van der Waals surface area contributed by atoms with Crippen LogP contribution < -0.4 is 10.5 Å². The molecule has 1 saturated carbocycles. The smallest absolute Gasteiger partial charge is 0.399 e. The fourth-order valence-corrected chi connectivity index (χ4v) is 3.93. The molecular formula is C12H15F3N2O2S. The van der Waals surface area contributed by atoms with E-state index in [-0.39, 0.29) is 5.69 Å². The van der Waals surface area contributed by atoms with E-state index in [2.05, 4.69) is 4.72 Å². The van der Waals surface area contributed by atoms with E-state index in [4.69, 9.17) is 5.73 Å². The molecular weight excluding hydrogens is 293 g/mol. The molecule has 2 rings (SSSR count). The van der Waals surface area contributed by atoms with Crippen LogP contribution in [0.2, 0.25) is 0 Å². The zero-order chi connectivity index (χ0) is 15.0. The van der Waals surface area contributed by atoms with Crippen molar-refractivity contribution in [1.29, 1.82) is 0 Å². The summed E-state index contributed by atoms with van der Waals surface area (Å²) in [6.07, 6.45) is -2.15. The highest BCUT2D eigenvalue weighted by atomic mass is 32.2. The number of sulfonamides is 1. The van der Waals surface area contributed by atoms with Crippen molar-refractivity contribution in [3.8, 4) is 0 Å². The molecule has 1 aromatic carbocycles. The Morgan fingerprint density at radius 1 is 1.20 bits per heavy atom. The van der Waals surface area contributed by atoms with Crippen molar-refractivity contribution in [1.82, 2.24) is 0 Å². The molecule has 3 N–H and O–H groups in total. The summed E-state index contributed by atoms with van der Waals surface area (Å²) in [6, 6.07) is 3.01. The van der Waals surface area contributed by atoms with Gasteiger partial charge in [-0.3, -0.25) is 4.72 Å². The molecule has 1 fully saturated rings. The van der Waals surface area contributed by atoms with Crippen LogP contribution in [0.1, 0.15) is 31.2 Å². The Morgan fingerprint density at radius 3 is 2.35 bits per heavy atom. The molecule has 0 amide bonds. The van der Waals surface area contributed by atoms with Crippen molar-refractivity contribution in [3.05, 3.63) is 23.8 Å². The van der Waals surface area contributed by atoms with Crippen LogP contribution in [0.5, 0.6) is 0 Å². The lowest BCUT2D eigenvalue weighted by atomic mass is 10.1. The van der Waals surface area contributed by atoms with Crippen LogP contribution >= 0.6 is 0 Å². The van der Waals surface area contributed by atoms with Crippen LogP contribution in [0, 0.1) is 0 Å². The Kier molecular flexibility index (Phi) is 3.86. The lowest BCUT2D eigenvalue weighted by Gasteiger charge is -2.18. The van der Waals surface area contributed by atoms with E-state index in [1.54, 1.807) is 0 Å². The number of hydrogen-bond acceptors (Lipinski definition) is 3. The largest absolute Gasteiger partial charge is 0.418 e. The Labute approximate surface area is 115 Å². The van der Waals surface area contributed by atoms with Gasteiger partial charge in [0, 0.05) is 5.69 Å². The average Bonchev–Trinajstić information content (AvgIpc) is 2.84. The highest BCUT2D eigenvalue weighted by molar-refractivity contribution is 7.93. The quantitative estimate of drug-likeness (QED) is 0.843. The number of halogens is 3. The van der Waals surface area contributed by atoms with Gasteiger partial charge in [-0.2, -0.15) is 13.2 Å². The lowest BCUT2D eigenvalue weighted by Crippen LogP contribution is -2.26. The zero-order valence-electron chi connectivity index (χ0n) is 10.6. The lowest BCUT2D eigenvalue weighted by molar-refractivity contribution is -0.136. The third kappa shape index (κ3) is 3.17. The monoisotopic (exact) mass is 308 g/mol. The maximum atomic E-state index is 12.9. The normalized spacial score (nSPS) is 17.4. The Balaban J connectivity index is 2.34. The number of hydrogen-bond donors (Lipinski definition) is 2. The van der Waals surface area contributed by atoms with Gasteiger partial charge in [-0.15, -0.1) is 0 Å². The molecule has 0 aromatic heterocycles. The maximum Gasteiger partial charge on any atom is 0.418 e. The van der Waals surface area contributed by atoms with E-state index >= 15 is 0 Å². The Hall–Kier alpha value is -1.44. The van der Waals surface area contributed by atoms with Crippen LogP contribution in [-0.2, 0) is 16.2 Å². The molecule has 4 nitrogen and oxygen atoms in total. The van der Waals surface area contributed by atoms with Gasteiger partial charge in [0.2, 0.25) is 10.0 Å². The summed E-state index contributed by atoms with van der Waals surface area (Å²) in [6.45, 7) is 0. The first-order valence-corrected chi connectivity index (χ1v) is 7.73. The number of alkyl halides is 3. The highest BCUT2D eigenvalue weighted by Gasteiger charge is 2.36. The number of rotatable bonds is 3. The minimum Gasteiger partial charge on any atom is -0.399 e. The van der Waals surface area contributed by atoms with Gasteiger partial charge in [-0.05, 0) is 31.0 Å². The van der Waals surface area contributed by atoms with Gasteiger partial charge < -0.3 is 5.73 Å². The van der Waals surface area contributed by atoms with Crippen molar-refractivity contribution >= 4 is 21.4 Å². The second-order valence-electron chi connectivity index (χ2n) is 4.86. The van der Waals surface area contributed by atoms with Gasteiger partial charge >= 0.3 is 6.18 Å². The fraction of sp³-hybridized carbons (Fsp3) is 0.500. The molecule has 8 heteroatoms.